The molecule has 5 aromatic rings. The number of carbonyl (C=O) groups is 2. The van der Waals surface area contributed by atoms with Gasteiger partial charge >= 0.3 is 11.9 Å². The normalized spacial score (nSPS) is 14.4. The molecule has 3 heterocycles. The Morgan fingerprint density at radius 1 is 0.980 bits per heavy atom. The molecule has 49 heavy (non-hydrogen) atoms. The summed E-state index contributed by atoms with van der Waals surface area (Å²) in [6.45, 7) is 7.82. The molecule has 6 rings (SSSR count). The number of rotatable bonds is 10. The van der Waals surface area contributed by atoms with Crippen molar-refractivity contribution in [3.05, 3.63) is 138 Å². The van der Waals surface area contributed by atoms with Crippen molar-refractivity contribution in [2.45, 2.75) is 39.8 Å². The van der Waals surface area contributed by atoms with Crippen LogP contribution in [0.4, 0.5) is 0 Å². The van der Waals surface area contributed by atoms with Crippen LogP contribution < -0.4 is 19.6 Å². The highest BCUT2D eigenvalue weighted by atomic mass is 35.5. The molecule has 3 aromatic carbocycles. The van der Waals surface area contributed by atoms with E-state index in [2.05, 4.69) is 0 Å². The predicted molar refractivity (Wildman–Crippen MR) is 188 cm³/mol. The fourth-order valence-corrected chi connectivity index (χ4v) is 6.70. The number of hydrogen-bond donors (Lipinski definition) is 0. The van der Waals surface area contributed by atoms with Crippen LogP contribution in [0.5, 0.6) is 5.75 Å². The van der Waals surface area contributed by atoms with Gasteiger partial charge in [0.05, 0.1) is 46.7 Å². The highest BCUT2D eigenvalue weighted by molar-refractivity contribution is 7.07. The van der Waals surface area contributed by atoms with Gasteiger partial charge in [-0.1, -0.05) is 65.4 Å². The molecule has 0 radical (unpaired) electrons. The summed E-state index contributed by atoms with van der Waals surface area (Å²) in [5, 5.41) is 0.420. The maximum Gasteiger partial charge on any atom is 0.339 e. The Morgan fingerprint density at radius 2 is 1.73 bits per heavy atom. The third-order valence-electron chi connectivity index (χ3n) is 7.59. The van der Waals surface area contributed by atoms with E-state index >= 15 is 0 Å². The van der Waals surface area contributed by atoms with Gasteiger partial charge in [-0.25, -0.2) is 14.6 Å². The number of esters is 2. The van der Waals surface area contributed by atoms with Gasteiger partial charge in [-0.3, -0.25) is 9.36 Å². The predicted octanol–water partition coefficient (Wildman–Crippen LogP) is 6.81. The summed E-state index contributed by atoms with van der Waals surface area (Å²) in [5.41, 5.74) is 2.46. The van der Waals surface area contributed by atoms with E-state index in [9.17, 15) is 14.4 Å². The number of thiazole rings is 1. The maximum atomic E-state index is 14.3. The largest absolute Gasteiger partial charge is 0.494 e. The lowest BCUT2D eigenvalue weighted by atomic mass is 9.93. The van der Waals surface area contributed by atoms with E-state index in [1.165, 1.54) is 15.9 Å². The van der Waals surface area contributed by atoms with Crippen LogP contribution in [0.2, 0.25) is 5.02 Å². The Labute approximate surface area is 291 Å². The molecule has 0 saturated carbocycles. The van der Waals surface area contributed by atoms with Crippen LogP contribution in [0.1, 0.15) is 61.0 Å². The zero-order valence-corrected chi connectivity index (χ0v) is 28.8. The smallest absolute Gasteiger partial charge is 0.339 e. The Balaban J connectivity index is 1.51. The van der Waals surface area contributed by atoms with Gasteiger partial charge in [-0.15, -0.1) is 0 Å². The van der Waals surface area contributed by atoms with E-state index in [4.69, 9.17) is 35.2 Å². The van der Waals surface area contributed by atoms with Crippen LogP contribution in [-0.2, 0) is 14.3 Å². The lowest BCUT2D eigenvalue weighted by Gasteiger charge is -2.26. The molecule has 0 amide bonds. The molecule has 0 aliphatic carbocycles. The summed E-state index contributed by atoms with van der Waals surface area (Å²) in [5.74, 6) is 0.336. The molecule has 1 atom stereocenters. The van der Waals surface area contributed by atoms with Crippen molar-refractivity contribution in [1.82, 2.24) is 4.57 Å². The van der Waals surface area contributed by atoms with Crippen molar-refractivity contribution in [1.29, 1.82) is 0 Å². The monoisotopic (exact) mass is 696 g/mol. The Bertz CT molecular complexity index is 2230. The Kier molecular flexibility index (Phi) is 9.98. The second-order valence-electron chi connectivity index (χ2n) is 11.3. The second kappa shape index (κ2) is 14.5. The molecule has 0 bridgehead atoms. The third kappa shape index (κ3) is 7.02. The van der Waals surface area contributed by atoms with Gasteiger partial charge in [-0.2, -0.15) is 0 Å². The van der Waals surface area contributed by atoms with Crippen LogP contribution in [-0.4, -0.2) is 35.8 Å². The molecule has 0 unspecified atom stereocenters. The van der Waals surface area contributed by atoms with Gasteiger partial charge in [0.1, 0.15) is 17.3 Å². The average molecular weight is 697 g/mol. The second-order valence-corrected chi connectivity index (χ2v) is 12.7. The van der Waals surface area contributed by atoms with Gasteiger partial charge in [0.15, 0.2) is 4.80 Å². The molecule has 1 aliphatic rings. The van der Waals surface area contributed by atoms with Gasteiger partial charge in [0.25, 0.3) is 5.56 Å². The van der Waals surface area contributed by atoms with Crippen LogP contribution in [0.15, 0.2) is 105 Å². The molecule has 0 N–H and O–H groups in total. The van der Waals surface area contributed by atoms with Crippen LogP contribution >= 0.6 is 22.9 Å². The van der Waals surface area contributed by atoms with Crippen molar-refractivity contribution < 1.29 is 28.2 Å². The van der Waals surface area contributed by atoms with Gasteiger partial charge in [0.2, 0.25) is 0 Å². The number of fused-ring (bicyclic) bond motifs is 1. The van der Waals surface area contributed by atoms with E-state index in [-0.39, 0.29) is 23.8 Å². The standard InChI is InChI=1S/C38H33ClN2O7S/c1-5-45-26-15-12-24(13-16-26)34-32(37(44)46-6-2)33(23-10-8-7-9-11-23)40-38-41(34)35(42)31(49-38)21-27-17-19-30(48-27)29-20-25(39)14-18-28(29)36(43)47-22(3)4/h7-22,34H,5-6H2,1-4H3/b31-21-/t34-/m0/s1. The Hall–Kier alpha value is -5.19. The highest BCUT2D eigenvalue weighted by Gasteiger charge is 2.35. The summed E-state index contributed by atoms with van der Waals surface area (Å²) in [7, 11) is 0. The molecule has 0 spiro atoms. The van der Waals surface area contributed by atoms with Crippen LogP contribution in [0.25, 0.3) is 23.1 Å². The minimum Gasteiger partial charge on any atom is -0.494 e. The van der Waals surface area contributed by atoms with Crippen molar-refractivity contribution in [2.75, 3.05) is 13.2 Å². The van der Waals surface area contributed by atoms with Crippen molar-refractivity contribution >= 4 is 46.6 Å². The van der Waals surface area contributed by atoms with Crippen molar-refractivity contribution in [2.24, 2.45) is 4.99 Å². The first-order valence-corrected chi connectivity index (χ1v) is 17.0. The SMILES string of the molecule is CCOC(=O)C1=C(c2ccccc2)N=c2s/c(=C\c3ccc(-c4cc(Cl)ccc4C(=O)OC(C)C)o3)c(=O)n2[C@H]1c1ccc(OCC)cc1. The number of aromatic nitrogens is 1. The number of ether oxygens (including phenoxy) is 3. The summed E-state index contributed by atoms with van der Waals surface area (Å²) in [6.07, 6.45) is 1.31. The van der Waals surface area contributed by atoms with Gasteiger partial charge in [-0.05, 0) is 75.7 Å². The van der Waals surface area contributed by atoms with Gasteiger partial charge < -0.3 is 18.6 Å². The van der Waals surface area contributed by atoms with Crippen LogP contribution in [0, 0.1) is 0 Å². The first-order valence-electron chi connectivity index (χ1n) is 15.8. The van der Waals surface area contributed by atoms with E-state index < -0.39 is 18.0 Å². The molecule has 11 heteroatoms. The van der Waals surface area contributed by atoms with E-state index in [1.807, 2.05) is 61.5 Å². The van der Waals surface area contributed by atoms with E-state index in [1.54, 1.807) is 57.2 Å². The minimum absolute atomic E-state index is 0.148. The van der Waals surface area contributed by atoms with Crippen molar-refractivity contribution in [3.63, 3.8) is 0 Å². The number of halogens is 1. The summed E-state index contributed by atoms with van der Waals surface area (Å²) in [4.78, 5) is 46.1. The first-order chi connectivity index (χ1) is 23.7. The van der Waals surface area contributed by atoms with E-state index in [0.29, 0.717) is 66.2 Å². The third-order valence-corrected chi connectivity index (χ3v) is 8.81. The number of furan rings is 1. The summed E-state index contributed by atoms with van der Waals surface area (Å²) >= 11 is 7.47. The Morgan fingerprint density at radius 3 is 2.43 bits per heavy atom. The maximum absolute atomic E-state index is 14.3. The molecule has 250 valence electrons. The topological polar surface area (TPSA) is 109 Å². The van der Waals surface area contributed by atoms with Crippen molar-refractivity contribution in [3.8, 4) is 17.1 Å². The fourth-order valence-electron chi connectivity index (χ4n) is 5.55. The number of benzene rings is 3. The summed E-state index contributed by atoms with van der Waals surface area (Å²) < 4.78 is 24.6. The molecule has 1 aliphatic heterocycles. The van der Waals surface area contributed by atoms with Gasteiger partial charge in [0, 0.05) is 22.2 Å². The zero-order valence-electron chi connectivity index (χ0n) is 27.3. The quantitative estimate of drug-likeness (QED) is 0.148. The number of hydrogen-bond acceptors (Lipinski definition) is 9. The molecule has 2 aromatic heterocycles. The first kappa shape index (κ1) is 33.7. The van der Waals surface area contributed by atoms with E-state index in [0.717, 1.165) is 0 Å². The fraction of sp³-hybridized carbons (Fsp3) is 0.211. The molecular formula is C38H33ClN2O7S. The summed E-state index contributed by atoms with van der Waals surface area (Å²) in [6, 6.07) is 24.1. The number of carbonyl (C=O) groups excluding carboxylic acids is 2. The molecule has 0 saturated heterocycles. The highest BCUT2D eigenvalue weighted by Crippen LogP contribution is 2.36. The molecule has 9 nitrogen and oxygen atoms in total. The minimum atomic E-state index is -0.837. The zero-order chi connectivity index (χ0) is 34.7. The lowest BCUT2D eigenvalue weighted by molar-refractivity contribution is -0.138. The average Bonchev–Trinajstić information content (AvgIpc) is 3.68. The molecular weight excluding hydrogens is 664 g/mol. The number of nitrogens with zero attached hydrogens (tertiary/aromatic N) is 2. The molecule has 0 fully saturated rings. The van der Waals surface area contributed by atoms with Crippen LogP contribution in [0.3, 0.4) is 0 Å². The lowest BCUT2D eigenvalue weighted by Crippen LogP contribution is -2.40.